The fourth-order valence-corrected chi connectivity index (χ4v) is 5.57. The summed E-state index contributed by atoms with van der Waals surface area (Å²) in [5, 5.41) is 35.5. The number of carboxylic acid groups (broad SMARTS) is 1. The van der Waals surface area contributed by atoms with Crippen LogP contribution >= 0.6 is 0 Å². The van der Waals surface area contributed by atoms with Crippen LogP contribution in [0.4, 0.5) is 11.4 Å². The Kier molecular flexibility index (Phi) is 5.76. The average molecular weight is 501 g/mol. The number of imide groups is 1. The predicted molar refractivity (Wildman–Crippen MR) is 132 cm³/mol. The molecule has 5 rings (SSSR count). The number of fused-ring (bicyclic) bond motifs is 1. The van der Waals surface area contributed by atoms with Crippen LogP contribution in [0.5, 0.6) is 5.75 Å². The van der Waals surface area contributed by atoms with Gasteiger partial charge >= 0.3 is 5.97 Å². The Bertz CT molecular complexity index is 1440. The molecular formula is C27H23N3O7. The summed E-state index contributed by atoms with van der Waals surface area (Å²) in [5.74, 6) is -5.50. The van der Waals surface area contributed by atoms with Crippen LogP contribution in [0.2, 0.25) is 0 Å². The predicted octanol–water partition coefficient (Wildman–Crippen LogP) is 3.13. The highest BCUT2D eigenvalue weighted by molar-refractivity contribution is 6.25. The second-order valence-electron chi connectivity index (χ2n) is 9.42. The molecule has 2 aliphatic rings. The maximum atomic E-state index is 13.9. The van der Waals surface area contributed by atoms with Crippen molar-refractivity contribution in [2.24, 2.45) is 11.8 Å². The molecule has 0 spiro atoms. The van der Waals surface area contributed by atoms with Crippen LogP contribution in [-0.2, 0) is 20.8 Å². The lowest BCUT2D eigenvalue weighted by Gasteiger charge is -2.31. The summed E-state index contributed by atoms with van der Waals surface area (Å²) < 4.78 is 0. The molecule has 0 aliphatic carbocycles. The topological polar surface area (TPSA) is 150 Å². The molecule has 3 N–H and O–H groups in total. The second-order valence-corrected chi connectivity index (χ2v) is 9.42. The molecule has 188 valence electrons. The normalized spacial score (nSPS) is 24.8. The third-order valence-corrected chi connectivity index (χ3v) is 7.16. The number of rotatable bonds is 6. The van der Waals surface area contributed by atoms with Crippen LogP contribution in [0.1, 0.15) is 22.7 Å². The first-order valence-electron chi connectivity index (χ1n) is 11.6. The van der Waals surface area contributed by atoms with Crippen molar-refractivity contribution in [1.29, 1.82) is 0 Å². The number of phenolic OH excluding ortho intramolecular Hbond substituents is 1. The number of carboxylic acids is 1. The van der Waals surface area contributed by atoms with Gasteiger partial charge in [-0.05, 0) is 41.8 Å². The molecule has 0 bridgehead atoms. The molecule has 0 radical (unpaired) electrons. The van der Waals surface area contributed by atoms with Crippen molar-refractivity contribution in [2.75, 3.05) is 4.90 Å². The van der Waals surface area contributed by atoms with Gasteiger partial charge in [-0.1, -0.05) is 48.5 Å². The molecular weight excluding hydrogens is 478 g/mol. The summed E-state index contributed by atoms with van der Waals surface area (Å²) in [6, 6.07) is 18.0. The minimum atomic E-state index is -1.89. The fourth-order valence-electron chi connectivity index (χ4n) is 5.57. The molecule has 0 unspecified atom stereocenters. The molecule has 2 aliphatic heterocycles. The lowest BCUT2D eigenvalue weighted by molar-refractivity contribution is -0.384. The fraction of sp³-hybridized carbons (Fsp3) is 0.222. The number of hydrogen-bond acceptors (Lipinski definition) is 7. The largest absolute Gasteiger partial charge is 0.508 e. The van der Waals surface area contributed by atoms with Crippen LogP contribution < -0.4 is 10.2 Å². The van der Waals surface area contributed by atoms with Crippen LogP contribution in [0.3, 0.4) is 0 Å². The third kappa shape index (κ3) is 3.82. The minimum Gasteiger partial charge on any atom is -0.508 e. The van der Waals surface area contributed by atoms with E-state index in [2.05, 4.69) is 5.32 Å². The first-order chi connectivity index (χ1) is 17.6. The van der Waals surface area contributed by atoms with Crippen molar-refractivity contribution in [3.05, 3.63) is 99.6 Å². The van der Waals surface area contributed by atoms with E-state index in [0.29, 0.717) is 16.7 Å². The maximum absolute atomic E-state index is 13.9. The number of aromatic hydroxyl groups is 1. The van der Waals surface area contributed by atoms with E-state index in [1.54, 1.807) is 55.5 Å². The first-order valence-corrected chi connectivity index (χ1v) is 11.6. The van der Waals surface area contributed by atoms with Crippen LogP contribution in [0, 0.1) is 28.9 Å². The van der Waals surface area contributed by atoms with Gasteiger partial charge in [0, 0.05) is 18.5 Å². The number of carbonyl (C=O) groups excluding carboxylic acids is 2. The van der Waals surface area contributed by atoms with Crippen LogP contribution in [0.15, 0.2) is 72.8 Å². The molecule has 2 fully saturated rings. The van der Waals surface area contributed by atoms with Crippen LogP contribution in [0.25, 0.3) is 0 Å². The lowest BCUT2D eigenvalue weighted by Crippen LogP contribution is -2.57. The molecule has 3 aromatic carbocycles. The van der Waals surface area contributed by atoms with Gasteiger partial charge in [0.2, 0.25) is 11.8 Å². The van der Waals surface area contributed by atoms with Crippen molar-refractivity contribution >= 4 is 29.2 Å². The number of anilines is 1. The van der Waals surface area contributed by atoms with E-state index in [-0.39, 0.29) is 17.9 Å². The summed E-state index contributed by atoms with van der Waals surface area (Å²) in [6.45, 7) is 1.65. The number of aryl methyl sites for hydroxylation is 1. The van der Waals surface area contributed by atoms with Gasteiger partial charge in [-0.3, -0.25) is 29.8 Å². The second kappa shape index (κ2) is 8.82. The van der Waals surface area contributed by atoms with E-state index in [0.717, 1.165) is 4.90 Å². The zero-order chi connectivity index (χ0) is 26.5. The summed E-state index contributed by atoms with van der Waals surface area (Å²) in [4.78, 5) is 52.6. The van der Waals surface area contributed by atoms with E-state index in [1.165, 1.54) is 24.3 Å². The lowest BCUT2D eigenvalue weighted by atomic mass is 9.76. The number of nitrogens with one attached hydrogen (secondary N) is 1. The average Bonchev–Trinajstić information content (AvgIpc) is 3.34. The number of amides is 2. The van der Waals surface area contributed by atoms with Gasteiger partial charge in [0.05, 0.1) is 16.8 Å². The Hall–Kier alpha value is -4.57. The molecule has 10 heteroatoms. The number of phenols is 1. The summed E-state index contributed by atoms with van der Waals surface area (Å²) in [6.07, 6.45) is -0.109. The number of aliphatic carboxylic acids is 1. The molecule has 2 saturated heterocycles. The smallest absolute Gasteiger partial charge is 0.325 e. The Morgan fingerprint density at radius 1 is 1.05 bits per heavy atom. The van der Waals surface area contributed by atoms with E-state index in [9.17, 15) is 34.7 Å². The molecule has 10 nitrogen and oxygen atoms in total. The highest BCUT2D eigenvalue weighted by atomic mass is 16.6. The molecule has 2 amide bonds. The molecule has 4 atom stereocenters. The maximum Gasteiger partial charge on any atom is 0.325 e. The van der Waals surface area contributed by atoms with Gasteiger partial charge in [0.25, 0.3) is 5.69 Å². The van der Waals surface area contributed by atoms with Gasteiger partial charge in [-0.15, -0.1) is 0 Å². The number of benzene rings is 3. The van der Waals surface area contributed by atoms with E-state index in [1.807, 2.05) is 0 Å². The number of hydrogen-bond donors (Lipinski definition) is 3. The van der Waals surface area contributed by atoms with Gasteiger partial charge in [-0.25, -0.2) is 4.90 Å². The molecule has 0 saturated carbocycles. The summed E-state index contributed by atoms with van der Waals surface area (Å²) in [5.41, 5.74) is -0.886. The highest BCUT2D eigenvalue weighted by Gasteiger charge is 2.69. The molecule has 37 heavy (non-hydrogen) atoms. The van der Waals surface area contributed by atoms with Gasteiger partial charge < -0.3 is 10.2 Å². The van der Waals surface area contributed by atoms with Gasteiger partial charge in [0.1, 0.15) is 17.0 Å². The van der Waals surface area contributed by atoms with E-state index in [4.69, 9.17) is 0 Å². The van der Waals surface area contributed by atoms with Crippen molar-refractivity contribution in [3.63, 3.8) is 0 Å². The number of carbonyl (C=O) groups is 3. The zero-order valence-electron chi connectivity index (χ0n) is 19.7. The van der Waals surface area contributed by atoms with E-state index < -0.39 is 51.8 Å². The third-order valence-electron chi connectivity index (χ3n) is 7.16. The van der Waals surface area contributed by atoms with Crippen molar-refractivity contribution < 1.29 is 29.5 Å². The SMILES string of the molecule is Cc1ccc(N2C(=O)[C@@H]3[C@H](c4cccc(O)c4)N[C@@](Cc4ccccc4)(C(=O)O)[C@H]3C2=O)c([N+](=O)[O-])c1. The van der Waals surface area contributed by atoms with Crippen molar-refractivity contribution in [3.8, 4) is 5.75 Å². The minimum absolute atomic E-state index is 0.0884. The first kappa shape index (κ1) is 24.1. The quantitative estimate of drug-likeness (QED) is 0.265. The van der Waals surface area contributed by atoms with Crippen LogP contribution in [-0.4, -0.2) is 38.5 Å². The number of nitro groups is 1. The monoisotopic (exact) mass is 501 g/mol. The van der Waals surface area contributed by atoms with Gasteiger partial charge in [0.15, 0.2) is 0 Å². The highest BCUT2D eigenvalue weighted by Crippen LogP contribution is 2.52. The number of nitrogens with zero attached hydrogens (tertiary/aromatic N) is 2. The Morgan fingerprint density at radius 3 is 2.43 bits per heavy atom. The zero-order valence-corrected chi connectivity index (χ0v) is 19.7. The summed E-state index contributed by atoms with van der Waals surface area (Å²) >= 11 is 0. The molecule has 2 heterocycles. The standard InChI is InChI=1S/C27H23N3O7/c1-15-10-11-19(20(12-15)30(36)37)29-24(32)21-22(25(29)33)27(26(34)35,14-16-6-3-2-4-7-16)28-23(21)17-8-5-9-18(31)13-17/h2-13,21-23,28,31H,14H2,1H3,(H,34,35)/t21-,22+,23-,27+/m0/s1. The molecule has 3 aromatic rings. The summed E-state index contributed by atoms with van der Waals surface area (Å²) in [7, 11) is 0. The molecule has 0 aromatic heterocycles. The Balaban J connectivity index is 1.70. The van der Waals surface area contributed by atoms with Crippen molar-refractivity contribution in [2.45, 2.75) is 24.9 Å². The number of nitro benzene ring substituents is 1. The van der Waals surface area contributed by atoms with Gasteiger partial charge in [-0.2, -0.15) is 0 Å². The Morgan fingerprint density at radius 2 is 1.78 bits per heavy atom. The van der Waals surface area contributed by atoms with Crippen molar-refractivity contribution in [1.82, 2.24) is 5.32 Å². The van der Waals surface area contributed by atoms with E-state index >= 15 is 0 Å². The Labute approximate surface area is 211 Å².